The maximum absolute atomic E-state index is 13.3. The molecule has 1 fully saturated rings. The van der Waals surface area contributed by atoms with E-state index in [0.29, 0.717) is 36.3 Å². The number of benzene rings is 1. The van der Waals surface area contributed by atoms with E-state index in [1.807, 2.05) is 18.2 Å². The Morgan fingerprint density at radius 1 is 1.20 bits per heavy atom. The van der Waals surface area contributed by atoms with Crippen LogP contribution in [-0.2, 0) is 17.8 Å². The van der Waals surface area contributed by atoms with Gasteiger partial charge in [-0.25, -0.2) is 4.39 Å². The molecule has 35 heavy (non-hydrogen) atoms. The van der Waals surface area contributed by atoms with Gasteiger partial charge in [0.15, 0.2) is 0 Å². The van der Waals surface area contributed by atoms with Gasteiger partial charge in [0.2, 0.25) is 17.7 Å². The summed E-state index contributed by atoms with van der Waals surface area (Å²) in [6.07, 6.45) is 4.00. The van der Waals surface area contributed by atoms with Crippen molar-refractivity contribution in [2.45, 2.75) is 44.4 Å². The molecule has 0 spiro atoms. The number of aromatic nitrogens is 2. The number of nitrogens with zero attached hydrogens (tertiary/aromatic N) is 2. The molecule has 182 valence electrons. The molecule has 1 aromatic carbocycles. The van der Waals surface area contributed by atoms with Gasteiger partial charge in [-0.05, 0) is 48.6 Å². The molecule has 0 bridgehead atoms. The Hall–Kier alpha value is -3.23. The normalized spacial score (nSPS) is 18.9. The molecule has 7 nitrogen and oxygen atoms in total. The summed E-state index contributed by atoms with van der Waals surface area (Å²) < 4.78 is 25.1. The second-order valence-corrected chi connectivity index (χ2v) is 9.17. The first-order chi connectivity index (χ1) is 17.0. The van der Waals surface area contributed by atoms with Gasteiger partial charge in [-0.3, -0.25) is 9.78 Å². The number of fused-ring (bicyclic) bond motifs is 1. The molecule has 1 aliphatic heterocycles. The summed E-state index contributed by atoms with van der Waals surface area (Å²) in [5.74, 6) is 0.490. The topological polar surface area (TPSA) is 85.4 Å². The predicted molar refractivity (Wildman–Crippen MR) is 130 cm³/mol. The van der Waals surface area contributed by atoms with Gasteiger partial charge in [0.05, 0.1) is 19.0 Å². The molecule has 2 aromatic heterocycles. The van der Waals surface area contributed by atoms with Crippen molar-refractivity contribution < 1.29 is 18.7 Å². The highest BCUT2D eigenvalue weighted by atomic mass is 35.5. The molecule has 1 amide bonds. The van der Waals surface area contributed by atoms with Crippen LogP contribution in [0.25, 0.3) is 11.3 Å². The molecule has 9 heteroatoms. The Balaban J connectivity index is 1.31. The first-order valence-electron chi connectivity index (χ1n) is 11.7. The van der Waals surface area contributed by atoms with Crippen LogP contribution in [0.4, 0.5) is 4.39 Å². The number of carbonyl (C=O) groups is 1. The fourth-order valence-electron chi connectivity index (χ4n) is 4.74. The number of methoxy groups -OCH3 is 1. The van der Waals surface area contributed by atoms with Crippen molar-refractivity contribution in [2.24, 2.45) is 0 Å². The summed E-state index contributed by atoms with van der Waals surface area (Å²) in [5, 5.41) is 6.68. The van der Waals surface area contributed by atoms with Crippen LogP contribution in [0.2, 0.25) is 5.02 Å². The van der Waals surface area contributed by atoms with Crippen LogP contribution in [0.15, 0.2) is 42.6 Å². The van der Waals surface area contributed by atoms with Crippen LogP contribution in [0.1, 0.15) is 42.1 Å². The van der Waals surface area contributed by atoms with Gasteiger partial charge in [0.1, 0.15) is 16.9 Å². The van der Waals surface area contributed by atoms with Gasteiger partial charge in [-0.2, -0.15) is 4.98 Å². The lowest BCUT2D eigenvalue weighted by Gasteiger charge is -2.18. The highest BCUT2D eigenvalue weighted by Gasteiger charge is 2.28. The van der Waals surface area contributed by atoms with E-state index in [9.17, 15) is 9.18 Å². The average Bonchev–Trinajstić information content (AvgIpc) is 3.47. The lowest BCUT2D eigenvalue weighted by Crippen LogP contribution is -2.35. The molecule has 3 heterocycles. The zero-order valence-corrected chi connectivity index (χ0v) is 20.1. The van der Waals surface area contributed by atoms with Crippen molar-refractivity contribution in [3.8, 4) is 23.0 Å². The maximum Gasteiger partial charge on any atom is 0.236 e. The summed E-state index contributed by atoms with van der Waals surface area (Å²) in [4.78, 5) is 20.2. The minimum atomic E-state index is -0.360. The van der Waals surface area contributed by atoms with Gasteiger partial charge < -0.3 is 20.1 Å². The molecule has 0 saturated carbocycles. The number of ether oxygens (including phenoxy) is 2. The zero-order valence-electron chi connectivity index (χ0n) is 19.3. The monoisotopic (exact) mass is 496 g/mol. The molecular weight excluding hydrogens is 471 g/mol. The van der Waals surface area contributed by atoms with Gasteiger partial charge in [-0.15, -0.1) is 0 Å². The first kappa shape index (κ1) is 23.5. The number of halogens is 2. The Labute approximate surface area is 208 Å². The van der Waals surface area contributed by atoms with Crippen molar-refractivity contribution in [3.63, 3.8) is 0 Å². The highest BCUT2D eigenvalue weighted by molar-refractivity contribution is 6.31. The van der Waals surface area contributed by atoms with Crippen molar-refractivity contribution >= 4 is 17.5 Å². The summed E-state index contributed by atoms with van der Waals surface area (Å²) in [6, 6.07) is 11.0. The standard InChI is InChI=1S/C26H26ClFN4O3/c1-34-25-15(12-29-14-17-6-10-24(33)31-17)11-21(27)26(32-25)35-23-9-7-18-19(3-2-4-20(18)23)22-8-5-16(28)13-30-22/h2-5,8,11,13,17,23,29H,6-7,9-10,12,14H2,1H3,(H,31,33)/t17-,23-/m0/s1. The second kappa shape index (κ2) is 10.2. The van der Waals surface area contributed by atoms with Crippen LogP contribution < -0.4 is 20.1 Å². The van der Waals surface area contributed by atoms with E-state index in [1.54, 1.807) is 19.2 Å². The van der Waals surface area contributed by atoms with Gasteiger partial charge in [0.25, 0.3) is 0 Å². The van der Waals surface area contributed by atoms with Crippen LogP contribution >= 0.6 is 11.6 Å². The highest BCUT2D eigenvalue weighted by Crippen LogP contribution is 2.41. The minimum Gasteiger partial charge on any atom is -0.481 e. The summed E-state index contributed by atoms with van der Waals surface area (Å²) >= 11 is 6.56. The van der Waals surface area contributed by atoms with E-state index in [0.717, 1.165) is 47.2 Å². The van der Waals surface area contributed by atoms with Crippen LogP contribution in [0, 0.1) is 5.82 Å². The minimum absolute atomic E-state index is 0.0927. The molecule has 5 rings (SSSR count). The SMILES string of the molecule is COc1nc(O[C@H]2CCc3c(-c4ccc(F)cn4)cccc32)c(Cl)cc1CNC[C@@H]1CCC(=O)N1. The Bertz CT molecular complexity index is 1240. The smallest absolute Gasteiger partial charge is 0.236 e. The van der Waals surface area contributed by atoms with Crippen LogP contribution in [0.3, 0.4) is 0 Å². The Kier molecular flexibility index (Phi) is 6.83. The van der Waals surface area contributed by atoms with E-state index in [4.69, 9.17) is 21.1 Å². The fraction of sp³-hybridized carbons (Fsp3) is 0.346. The molecule has 2 N–H and O–H groups in total. The third-order valence-electron chi connectivity index (χ3n) is 6.44. The second-order valence-electron chi connectivity index (χ2n) is 8.76. The average molecular weight is 497 g/mol. The van der Waals surface area contributed by atoms with E-state index < -0.39 is 0 Å². The van der Waals surface area contributed by atoms with Gasteiger partial charge >= 0.3 is 0 Å². The number of rotatable bonds is 8. The zero-order chi connectivity index (χ0) is 24.4. The molecule has 0 radical (unpaired) electrons. The molecule has 2 aliphatic rings. The third kappa shape index (κ3) is 5.09. The van der Waals surface area contributed by atoms with E-state index in [-0.39, 0.29) is 23.9 Å². The van der Waals surface area contributed by atoms with Crippen LogP contribution in [-0.4, -0.2) is 35.6 Å². The fourth-order valence-corrected chi connectivity index (χ4v) is 4.96. The van der Waals surface area contributed by atoms with E-state index in [1.165, 1.54) is 12.3 Å². The number of nitrogens with one attached hydrogen (secondary N) is 2. The number of amides is 1. The molecule has 1 saturated heterocycles. The molecule has 3 aromatic rings. The van der Waals surface area contributed by atoms with Crippen molar-refractivity contribution in [3.05, 3.63) is 70.1 Å². The molecular formula is C26H26ClFN4O3. The summed E-state index contributed by atoms with van der Waals surface area (Å²) in [6.45, 7) is 1.16. The summed E-state index contributed by atoms with van der Waals surface area (Å²) in [7, 11) is 1.56. The van der Waals surface area contributed by atoms with E-state index >= 15 is 0 Å². The van der Waals surface area contributed by atoms with Crippen LogP contribution in [0.5, 0.6) is 11.8 Å². The molecule has 1 aliphatic carbocycles. The molecule has 0 unspecified atom stereocenters. The number of hydrogen-bond donors (Lipinski definition) is 2. The lowest BCUT2D eigenvalue weighted by atomic mass is 10.00. The maximum atomic E-state index is 13.3. The number of pyridine rings is 2. The summed E-state index contributed by atoms with van der Waals surface area (Å²) in [5.41, 5.74) is 4.71. The Morgan fingerprint density at radius 2 is 2.09 bits per heavy atom. The van der Waals surface area contributed by atoms with Gasteiger partial charge in [-0.1, -0.05) is 29.8 Å². The number of hydrogen-bond acceptors (Lipinski definition) is 6. The Morgan fingerprint density at radius 3 is 2.83 bits per heavy atom. The quantitative estimate of drug-likeness (QED) is 0.481. The van der Waals surface area contributed by atoms with Crippen molar-refractivity contribution in [1.29, 1.82) is 0 Å². The van der Waals surface area contributed by atoms with Gasteiger partial charge in [0, 0.05) is 36.7 Å². The predicted octanol–water partition coefficient (Wildman–Crippen LogP) is 4.38. The third-order valence-corrected chi connectivity index (χ3v) is 6.71. The van der Waals surface area contributed by atoms with Crippen molar-refractivity contribution in [2.75, 3.05) is 13.7 Å². The lowest BCUT2D eigenvalue weighted by molar-refractivity contribution is -0.119. The number of carbonyl (C=O) groups excluding carboxylic acids is 1. The first-order valence-corrected chi connectivity index (χ1v) is 12.0. The molecule has 2 atom stereocenters. The van der Waals surface area contributed by atoms with E-state index in [2.05, 4.69) is 20.6 Å². The largest absolute Gasteiger partial charge is 0.481 e. The van der Waals surface area contributed by atoms with Crippen molar-refractivity contribution in [1.82, 2.24) is 20.6 Å².